The van der Waals surface area contributed by atoms with Gasteiger partial charge in [-0.3, -0.25) is 14.4 Å². The predicted octanol–water partition coefficient (Wildman–Crippen LogP) is 4.99. The highest BCUT2D eigenvalue weighted by atomic mass is 19.1. The minimum atomic E-state index is -0.386. The molecule has 3 aromatic rings. The van der Waals surface area contributed by atoms with Crippen LogP contribution in [0.25, 0.3) is 11.1 Å². The number of carbonyl (C=O) groups excluding carboxylic acids is 3. The minimum Gasteiger partial charge on any atom is -0.358 e. The number of hydrogen-bond acceptors (Lipinski definition) is 4. The van der Waals surface area contributed by atoms with Crippen molar-refractivity contribution in [2.45, 2.75) is 40.0 Å². The Kier molecular flexibility index (Phi) is 7.84. The first-order valence-corrected chi connectivity index (χ1v) is 13.8. The standard InChI is InChI=1S/C31H34FN5O3/c1-4-37(5-2)16-15-33-30(39)26-18(3)34-28-22(26)7-6-8-23(28)27-24-17-19(9-14-25(24)36-31(27)40)29(38)35-21-12-10-20(32)11-13-21/h9-14,17,34H,4-8,15-16H2,1-3H3,(H,33,39)(H,35,38)(H,36,40). The second-order valence-electron chi connectivity index (χ2n) is 10.1. The van der Waals surface area contributed by atoms with Gasteiger partial charge >= 0.3 is 0 Å². The van der Waals surface area contributed by atoms with Crippen molar-refractivity contribution in [2.24, 2.45) is 0 Å². The number of carbonyl (C=O) groups is 3. The van der Waals surface area contributed by atoms with E-state index in [-0.39, 0.29) is 23.5 Å². The highest BCUT2D eigenvalue weighted by Gasteiger charge is 2.33. The number of fused-ring (bicyclic) bond motifs is 2. The number of likely N-dealkylation sites (N-methyl/N-ethyl adjacent to an activating group) is 1. The Hall–Kier alpha value is -4.24. The normalized spacial score (nSPS) is 16.0. The third kappa shape index (κ3) is 5.29. The lowest BCUT2D eigenvalue weighted by atomic mass is 9.85. The van der Waals surface area contributed by atoms with Gasteiger partial charge in [0.25, 0.3) is 17.7 Å². The summed E-state index contributed by atoms with van der Waals surface area (Å²) in [4.78, 5) is 45.1. The Morgan fingerprint density at radius 2 is 1.77 bits per heavy atom. The third-order valence-electron chi connectivity index (χ3n) is 7.71. The number of H-pyrrole nitrogens is 1. The fourth-order valence-corrected chi connectivity index (χ4v) is 5.61. The number of benzene rings is 2. The molecule has 0 atom stereocenters. The number of nitrogens with zero attached hydrogens (tertiary/aromatic N) is 1. The summed E-state index contributed by atoms with van der Waals surface area (Å²) in [5.41, 5.74) is 6.67. The van der Waals surface area contributed by atoms with Crippen LogP contribution < -0.4 is 16.0 Å². The van der Waals surface area contributed by atoms with Gasteiger partial charge in [-0.05, 0) is 92.9 Å². The minimum absolute atomic E-state index is 0.107. The van der Waals surface area contributed by atoms with Crippen molar-refractivity contribution in [3.05, 3.63) is 81.9 Å². The largest absolute Gasteiger partial charge is 0.358 e. The summed E-state index contributed by atoms with van der Waals surface area (Å²) in [6.07, 6.45) is 2.21. The van der Waals surface area contributed by atoms with Gasteiger partial charge in [-0.1, -0.05) is 13.8 Å². The van der Waals surface area contributed by atoms with Gasteiger partial charge in [0, 0.05) is 47.0 Å². The van der Waals surface area contributed by atoms with Crippen LogP contribution in [0.4, 0.5) is 15.8 Å². The zero-order valence-electron chi connectivity index (χ0n) is 23.0. The van der Waals surface area contributed by atoms with Gasteiger partial charge < -0.3 is 25.8 Å². The molecule has 8 nitrogen and oxygen atoms in total. The molecule has 5 rings (SSSR count). The SMILES string of the molecule is CCN(CC)CCNC(=O)c1c(C)[nH]c2c1CCCC2=C1C(=O)Nc2ccc(C(=O)Nc3ccc(F)cc3)cc21. The van der Waals surface area contributed by atoms with Crippen molar-refractivity contribution in [3.8, 4) is 0 Å². The van der Waals surface area contributed by atoms with E-state index in [2.05, 4.69) is 39.7 Å². The van der Waals surface area contributed by atoms with E-state index in [1.807, 2.05) is 6.92 Å². The summed E-state index contributed by atoms with van der Waals surface area (Å²) in [6.45, 7) is 9.30. The number of hydrogen-bond donors (Lipinski definition) is 4. The average Bonchev–Trinajstić information content (AvgIpc) is 3.46. The first kappa shape index (κ1) is 27.3. The first-order chi connectivity index (χ1) is 19.3. The number of anilines is 2. The van der Waals surface area contributed by atoms with Gasteiger partial charge in [0.15, 0.2) is 0 Å². The first-order valence-electron chi connectivity index (χ1n) is 13.8. The molecule has 1 aromatic heterocycles. The summed E-state index contributed by atoms with van der Waals surface area (Å²) in [5.74, 6) is -1.08. The van der Waals surface area contributed by atoms with Crippen molar-refractivity contribution in [1.82, 2.24) is 15.2 Å². The zero-order chi connectivity index (χ0) is 28.4. The molecule has 1 aliphatic heterocycles. The monoisotopic (exact) mass is 543 g/mol. The Balaban J connectivity index is 1.45. The Labute approximate surface area is 233 Å². The molecule has 40 heavy (non-hydrogen) atoms. The quantitative estimate of drug-likeness (QED) is 0.301. The molecular weight excluding hydrogens is 509 g/mol. The molecule has 0 saturated heterocycles. The second-order valence-corrected chi connectivity index (χ2v) is 10.1. The van der Waals surface area contributed by atoms with Gasteiger partial charge in [0.05, 0.1) is 11.1 Å². The highest BCUT2D eigenvalue weighted by Crippen LogP contribution is 2.43. The summed E-state index contributed by atoms with van der Waals surface area (Å²) >= 11 is 0. The number of aromatic nitrogens is 1. The molecule has 0 fully saturated rings. The Bertz CT molecular complexity index is 1500. The van der Waals surface area contributed by atoms with Crippen molar-refractivity contribution in [3.63, 3.8) is 0 Å². The van der Waals surface area contributed by atoms with Gasteiger partial charge in [-0.25, -0.2) is 4.39 Å². The molecule has 1 aliphatic carbocycles. The van der Waals surface area contributed by atoms with Crippen molar-refractivity contribution >= 4 is 40.2 Å². The fraction of sp³-hybridized carbons (Fsp3) is 0.323. The van der Waals surface area contributed by atoms with Gasteiger partial charge in [-0.15, -0.1) is 0 Å². The summed E-state index contributed by atoms with van der Waals surface area (Å²) in [7, 11) is 0. The van der Waals surface area contributed by atoms with E-state index in [1.54, 1.807) is 18.2 Å². The summed E-state index contributed by atoms with van der Waals surface area (Å²) < 4.78 is 13.3. The third-order valence-corrected chi connectivity index (χ3v) is 7.71. The maximum atomic E-state index is 13.3. The summed E-state index contributed by atoms with van der Waals surface area (Å²) in [5, 5.41) is 8.76. The highest BCUT2D eigenvalue weighted by molar-refractivity contribution is 6.37. The van der Waals surface area contributed by atoms with Crippen LogP contribution in [0.5, 0.6) is 0 Å². The van der Waals surface area contributed by atoms with Crippen molar-refractivity contribution in [1.29, 1.82) is 0 Å². The topological polar surface area (TPSA) is 106 Å². The van der Waals surface area contributed by atoms with Gasteiger partial charge in [0.2, 0.25) is 0 Å². The molecule has 2 heterocycles. The molecule has 2 aliphatic rings. The van der Waals surface area contributed by atoms with E-state index in [0.29, 0.717) is 46.6 Å². The van der Waals surface area contributed by atoms with Crippen LogP contribution in [0.2, 0.25) is 0 Å². The number of amides is 3. The number of allylic oxidation sites excluding steroid dienone is 1. The Morgan fingerprint density at radius 3 is 2.50 bits per heavy atom. The maximum absolute atomic E-state index is 13.3. The zero-order valence-corrected chi connectivity index (χ0v) is 23.0. The lowest BCUT2D eigenvalue weighted by Gasteiger charge is -2.20. The van der Waals surface area contributed by atoms with Crippen LogP contribution in [0.1, 0.15) is 69.9 Å². The molecule has 3 amide bonds. The number of aromatic amines is 1. The molecule has 4 N–H and O–H groups in total. The van der Waals surface area contributed by atoms with Crippen LogP contribution in [0, 0.1) is 12.7 Å². The number of halogens is 1. The lowest BCUT2D eigenvalue weighted by Crippen LogP contribution is -2.35. The molecule has 9 heteroatoms. The van der Waals surface area contributed by atoms with Crippen LogP contribution in [0.15, 0.2) is 42.5 Å². The number of aryl methyl sites for hydroxylation is 1. The molecule has 0 saturated carbocycles. The molecule has 208 valence electrons. The van der Waals surface area contributed by atoms with E-state index < -0.39 is 0 Å². The number of rotatable bonds is 8. The van der Waals surface area contributed by atoms with E-state index in [0.717, 1.165) is 55.0 Å². The molecule has 0 unspecified atom stereocenters. The predicted molar refractivity (Wildman–Crippen MR) is 155 cm³/mol. The van der Waals surface area contributed by atoms with Crippen LogP contribution >= 0.6 is 0 Å². The second kappa shape index (κ2) is 11.5. The lowest BCUT2D eigenvalue weighted by molar-refractivity contribution is -0.110. The molecule has 2 aromatic carbocycles. The molecule has 0 radical (unpaired) electrons. The fourth-order valence-electron chi connectivity index (χ4n) is 5.61. The van der Waals surface area contributed by atoms with E-state index in [1.165, 1.54) is 24.3 Å². The smallest absolute Gasteiger partial charge is 0.256 e. The molecule has 0 bridgehead atoms. The maximum Gasteiger partial charge on any atom is 0.256 e. The molecular formula is C31H34FN5O3. The van der Waals surface area contributed by atoms with Crippen molar-refractivity contribution in [2.75, 3.05) is 36.8 Å². The van der Waals surface area contributed by atoms with Crippen LogP contribution in [-0.2, 0) is 11.2 Å². The van der Waals surface area contributed by atoms with Gasteiger partial charge in [0.1, 0.15) is 5.82 Å². The Morgan fingerprint density at radius 1 is 1.02 bits per heavy atom. The van der Waals surface area contributed by atoms with E-state index in [4.69, 9.17) is 0 Å². The van der Waals surface area contributed by atoms with Crippen molar-refractivity contribution < 1.29 is 18.8 Å². The number of nitrogens with one attached hydrogen (secondary N) is 4. The van der Waals surface area contributed by atoms with E-state index >= 15 is 0 Å². The van der Waals surface area contributed by atoms with E-state index in [9.17, 15) is 18.8 Å². The van der Waals surface area contributed by atoms with Gasteiger partial charge in [-0.2, -0.15) is 0 Å². The van der Waals surface area contributed by atoms with Crippen LogP contribution in [0.3, 0.4) is 0 Å². The average molecular weight is 544 g/mol. The van der Waals surface area contributed by atoms with Crippen LogP contribution in [-0.4, -0.2) is 53.8 Å². The molecule has 0 spiro atoms. The summed E-state index contributed by atoms with van der Waals surface area (Å²) in [6, 6.07) is 10.6.